The zero-order valence-corrected chi connectivity index (χ0v) is 32.3. The van der Waals surface area contributed by atoms with E-state index in [1.165, 1.54) is 14.0 Å². The van der Waals surface area contributed by atoms with Crippen molar-refractivity contribution in [1.82, 2.24) is 4.90 Å². The van der Waals surface area contributed by atoms with E-state index in [1.54, 1.807) is 48.5 Å². The number of hydrogen-bond acceptors (Lipinski definition) is 14. The fourth-order valence-corrected chi connectivity index (χ4v) is 8.28. The third kappa shape index (κ3) is 9.55. The first kappa shape index (κ1) is 43.4. The van der Waals surface area contributed by atoms with Crippen molar-refractivity contribution in [2.24, 2.45) is 23.5 Å². The van der Waals surface area contributed by atoms with Gasteiger partial charge in [-0.05, 0) is 80.7 Å². The highest BCUT2D eigenvalue weighted by atomic mass is 16.7. The second-order valence-electron chi connectivity index (χ2n) is 16.3. The summed E-state index contributed by atoms with van der Waals surface area (Å²) >= 11 is 0. The first-order chi connectivity index (χ1) is 23.0. The van der Waals surface area contributed by atoms with Crippen LogP contribution in [0, 0.1) is 17.8 Å². The molecule has 3 aliphatic heterocycles. The molecule has 7 N–H and O–H groups in total. The van der Waals surface area contributed by atoms with E-state index in [4.69, 9.17) is 34.2 Å². The Balaban J connectivity index is 2.16. The molecule has 0 aromatic rings. The lowest BCUT2D eigenvalue weighted by Gasteiger charge is -2.48. The average Bonchev–Trinajstić information content (AvgIpc) is 3.03. The smallest absolute Gasteiger partial charge is 0.311 e. The summed E-state index contributed by atoms with van der Waals surface area (Å²) in [5, 5.41) is 57.4. The number of hydrogen-bond donors (Lipinski definition) is 6. The molecule has 0 amide bonds. The molecule has 8 unspecified atom stereocenters. The predicted molar refractivity (Wildman–Crippen MR) is 185 cm³/mol. The van der Waals surface area contributed by atoms with Crippen LogP contribution in [0.4, 0.5) is 0 Å². The van der Waals surface area contributed by atoms with Gasteiger partial charge in [-0.25, -0.2) is 0 Å². The van der Waals surface area contributed by atoms with E-state index in [0.29, 0.717) is 13.0 Å². The maximum atomic E-state index is 14.1. The molecule has 0 radical (unpaired) electrons. The minimum absolute atomic E-state index is 0.123. The van der Waals surface area contributed by atoms with Crippen molar-refractivity contribution in [1.29, 1.82) is 0 Å². The van der Waals surface area contributed by atoms with Gasteiger partial charge in [-0.15, -0.1) is 0 Å². The van der Waals surface area contributed by atoms with Gasteiger partial charge in [0.25, 0.3) is 0 Å². The Morgan fingerprint density at radius 1 is 0.960 bits per heavy atom. The van der Waals surface area contributed by atoms with E-state index in [0.717, 1.165) is 0 Å². The van der Waals surface area contributed by atoms with Crippen LogP contribution in [-0.2, 0) is 33.2 Å². The van der Waals surface area contributed by atoms with Gasteiger partial charge >= 0.3 is 5.97 Å². The molecule has 0 aromatic heterocycles. The Hall–Kier alpha value is -1.01. The molecule has 3 saturated heterocycles. The molecular weight excluding hydrogens is 652 g/mol. The predicted octanol–water partition coefficient (Wildman–Crippen LogP) is 1.30. The van der Waals surface area contributed by atoms with Crippen molar-refractivity contribution in [3.05, 3.63) is 0 Å². The lowest BCUT2D eigenvalue weighted by Crippen LogP contribution is -2.60. The van der Waals surface area contributed by atoms with Crippen LogP contribution < -0.4 is 5.73 Å². The Bertz CT molecular complexity index is 1100. The molecule has 3 fully saturated rings. The van der Waals surface area contributed by atoms with Gasteiger partial charge in [-0.3, -0.25) is 4.79 Å². The van der Waals surface area contributed by atoms with E-state index in [2.05, 4.69) is 0 Å². The van der Waals surface area contributed by atoms with Crippen molar-refractivity contribution in [2.75, 3.05) is 20.7 Å². The normalized spacial score (nSPS) is 51.0. The van der Waals surface area contributed by atoms with Crippen LogP contribution in [0.25, 0.3) is 0 Å². The fraction of sp³-hybridized carbons (Fsp3) is 0.972. The van der Waals surface area contributed by atoms with Gasteiger partial charge in [0, 0.05) is 38.1 Å². The van der Waals surface area contributed by atoms with Crippen molar-refractivity contribution in [3.8, 4) is 0 Å². The molecule has 14 nitrogen and oxygen atoms in total. The lowest BCUT2D eigenvalue weighted by atomic mass is 9.77. The standard InChI is InChI=1S/C36H68N2O12/c1-13-25-36(10,44)29(40)22(6)38(11)17-18(2)15-34(8,43)31(50-33-27(39)24(37)14-19(3)46-33)20(4)28(21(5)32(42)48-25)49-26-16-35(9,45-12)30(41)23(7)47-26/h18-31,33,39-41,43-44H,13-17,37H2,1-12H3/t18-,19?,20+,21-,22-,23?,24?,25-,26?,27?,28+,29-,30?,31-,33?,34-,35?,36-/m1/s1. The molecular formula is C36H68N2O12. The molecule has 0 spiro atoms. The maximum Gasteiger partial charge on any atom is 0.311 e. The van der Waals surface area contributed by atoms with Gasteiger partial charge in [0.15, 0.2) is 12.6 Å². The second kappa shape index (κ2) is 17.0. The van der Waals surface area contributed by atoms with Crippen LogP contribution in [0.1, 0.15) is 94.9 Å². The maximum absolute atomic E-state index is 14.1. The first-order valence-corrected chi connectivity index (χ1v) is 18.3. The van der Waals surface area contributed by atoms with E-state index in [9.17, 15) is 30.3 Å². The van der Waals surface area contributed by atoms with E-state index >= 15 is 0 Å². The number of nitrogens with two attached hydrogens (primary N) is 1. The van der Waals surface area contributed by atoms with Crippen LogP contribution >= 0.6 is 0 Å². The highest BCUT2D eigenvalue weighted by Gasteiger charge is 2.52. The number of rotatable bonds is 6. The Kier molecular flexibility index (Phi) is 14.7. The summed E-state index contributed by atoms with van der Waals surface area (Å²) in [4.78, 5) is 16.0. The average molecular weight is 721 g/mol. The highest BCUT2D eigenvalue weighted by Crippen LogP contribution is 2.40. The summed E-state index contributed by atoms with van der Waals surface area (Å²) in [6.07, 6.45) is -8.74. The third-order valence-electron chi connectivity index (χ3n) is 11.6. The van der Waals surface area contributed by atoms with Crippen molar-refractivity contribution in [2.45, 2.75) is 185 Å². The molecule has 0 aromatic carbocycles. The summed E-state index contributed by atoms with van der Waals surface area (Å²) in [5.74, 6) is -2.64. The number of carbonyl (C=O) groups is 1. The number of aliphatic hydroxyl groups excluding tert-OH is 3. The topological polar surface area (TPSA) is 203 Å². The number of aliphatic hydroxyl groups is 5. The van der Waals surface area contributed by atoms with Gasteiger partial charge < -0.3 is 64.6 Å². The summed E-state index contributed by atoms with van der Waals surface area (Å²) in [7, 11) is 3.32. The number of esters is 1. The summed E-state index contributed by atoms with van der Waals surface area (Å²) in [6, 6.07) is -1.17. The summed E-state index contributed by atoms with van der Waals surface area (Å²) < 4.78 is 37.0. The largest absolute Gasteiger partial charge is 0.459 e. The van der Waals surface area contributed by atoms with Crippen molar-refractivity contribution in [3.63, 3.8) is 0 Å². The van der Waals surface area contributed by atoms with Crippen LogP contribution in [-0.4, -0.2) is 147 Å². The van der Waals surface area contributed by atoms with Gasteiger partial charge in [0.05, 0.1) is 41.5 Å². The number of ether oxygens (including phenoxy) is 6. The van der Waals surface area contributed by atoms with Crippen LogP contribution in [0.15, 0.2) is 0 Å². The molecule has 18 atom stereocenters. The minimum Gasteiger partial charge on any atom is -0.459 e. The zero-order chi connectivity index (χ0) is 38.1. The molecule has 0 aliphatic carbocycles. The monoisotopic (exact) mass is 720 g/mol. The molecule has 3 heterocycles. The first-order valence-electron chi connectivity index (χ1n) is 18.3. The Labute approximate surface area is 298 Å². The molecule has 3 aliphatic rings. The molecule has 3 rings (SSSR count). The number of carbonyl (C=O) groups excluding carboxylic acids is 1. The van der Waals surface area contributed by atoms with E-state index in [1.807, 2.05) is 25.8 Å². The van der Waals surface area contributed by atoms with Gasteiger partial charge in [0.1, 0.15) is 30.0 Å². The van der Waals surface area contributed by atoms with Crippen molar-refractivity contribution >= 4 is 5.97 Å². The minimum atomic E-state index is -1.80. The molecule has 0 saturated carbocycles. The van der Waals surface area contributed by atoms with Gasteiger partial charge in [-0.2, -0.15) is 0 Å². The lowest BCUT2D eigenvalue weighted by molar-refractivity contribution is -0.315. The van der Waals surface area contributed by atoms with Gasteiger partial charge in [-0.1, -0.05) is 20.8 Å². The number of methoxy groups -OCH3 is 1. The quantitative estimate of drug-likeness (QED) is 0.214. The highest BCUT2D eigenvalue weighted by molar-refractivity contribution is 5.73. The van der Waals surface area contributed by atoms with Crippen LogP contribution in [0.3, 0.4) is 0 Å². The molecule has 50 heavy (non-hydrogen) atoms. The number of nitrogens with zero attached hydrogens (tertiary/aromatic N) is 1. The SMILES string of the molecule is CC[C@H]1OC(=O)[C@H](C)[C@@H](OC2CC(C)(OC)C(O)C(C)O2)[C@H](C)[C@@H](OC2OC(C)CC(N)C2O)[C@](C)(O)C[C@@H](C)CN(C)[C@H](C)[C@@H](O)[C@]1(C)O. The Morgan fingerprint density at radius 3 is 2.16 bits per heavy atom. The van der Waals surface area contributed by atoms with Gasteiger partial charge in [0.2, 0.25) is 0 Å². The second-order valence-corrected chi connectivity index (χ2v) is 16.3. The third-order valence-corrected chi connectivity index (χ3v) is 11.6. The zero-order valence-electron chi connectivity index (χ0n) is 32.3. The van der Waals surface area contributed by atoms with Crippen LogP contribution in [0.5, 0.6) is 0 Å². The number of cyclic esters (lactones) is 1. The Morgan fingerprint density at radius 2 is 1.58 bits per heavy atom. The number of likely N-dealkylation sites (N-methyl/N-ethyl adjacent to an activating group) is 1. The van der Waals surface area contributed by atoms with E-state index in [-0.39, 0.29) is 31.3 Å². The molecule has 14 heteroatoms. The molecule has 294 valence electrons. The van der Waals surface area contributed by atoms with Crippen LogP contribution in [0.2, 0.25) is 0 Å². The summed E-state index contributed by atoms with van der Waals surface area (Å²) in [5.41, 5.74) is 1.86. The van der Waals surface area contributed by atoms with E-state index < -0.39 is 102 Å². The fourth-order valence-electron chi connectivity index (χ4n) is 8.28. The van der Waals surface area contributed by atoms with Crippen molar-refractivity contribution < 1.29 is 58.7 Å². The molecule has 0 bridgehead atoms. The summed E-state index contributed by atoms with van der Waals surface area (Å²) in [6.45, 7) is 17.8.